The van der Waals surface area contributed by atoms with Crippen LogP contribution in [0.25, 0.3) is 0 Å². The number of nitrogens with zero attached hydrogens (tertiary/aromatic N) is 2. The van der Waals surface area contributed by atoms with Gasteiger partial charge in [-0.25, -0.2) is 0 Å². The Balaban J connectivity index is 2.31. The second-order valence-corrected chi connectivity index (χ2v) is 4.03. The van der Waals surface area contributed by atoms with Gasteiger partial charge >= 0.3 is 0 Å². The Morgan fingerprint density at radius 3 is 2.60 bits per heavy atom. The first-order chi connectivity index (χ1) is 7.18. The number of anilines is 2. The molecule has 80 valence electrons. The van der Waals surface area contributed by atoms with Gasteiger partial charge in [-0.3, -0.25) is 4.79 Å². The number of benzene rings is 1. The molecule has 2 rings (SSSR count). The maximum Gasteiger partial charge on any atom is 0.149 e. The van der Waals surface area contributed by atoms with Gasteiger partial charge in [0.25, 0.3) is 0 Å². The van der Waals surface area contributed by atoms with Crippen LogP contribution in [0.4, 0.5) is 11.4 Å². The topological polar surface area (TPSA) is 23.6 Å². The molecule has 0 aromatic heterocycles. The third-order valence-corrected chi connectivity index (χ3v) is 2.75. The lowest BCUT2D eigenvalue weighted by molar-refractivity contribution is -0.115. The molecular weight excluding hydrogens is 188 g/mol. The summed E-state index contributed by atoms with van der Waals surface area (Å²) in [4.78, 5) is 15.5. The van der Waals surface area contributed by atoms with Crippen molar-refractivity contribution in [2.24, 2.45) is 0 Å². The molecule has 0 fully saturated rings. The summed E-state index contributed by atoms with van der Waals surface area (Å²) in [6.07, 6.45) is 0. The van der Waals surface area contributed by atoms with Crippen molar-refractivity contribution in [1.82, 2.24) is 0 Å². The number of carbonyl (C=O) groups is 1. The standard InChI is InChI=1S/C12H16N2O/c1-10(15)9-14-8-7-13(2)11-5-3-4-6-12(11)14/h3-6H,7-9H2,1-2H3. The summed E-state index contributed by atoms with van der Waals surface area (Å²) in [7, 11) is 2.09. The molecule has 1 aromatic carbocycles. The Hall–Kier alpha value is -1.51. The molecule has 3 nitrogen and oxygen atoms in total. The highest BCUT2D eigenvalue weighted by atomic mass is 16.1. The Kier molecular flexibility index (Phi) is 2.62. The van der Waals surface area contributed by atoms with E-state index < -0.39 is 0 Å². The van der Waals surface area contributed by atoms with Gasteiger partial charge in [0, 0.05) is 20.1 Å². The molecule has 0 saturated carbocycles. The minimum atomic E-state index is 0.217. The number of para-hydroxylation sites is 2. The molecule has 1 aliphatic heterocycles. The van der Waals surface area contributed by atoms with Crippen LogP contribution in [-0.4, -0.2) is 32.5 Å². The maximum absolute atomic E-state index is 11.1. The summed E-state index contributed by atoms with van der Waals surface area (Å²) in [5.74, 6) is 0.217. The van der Waals surface area contributed by atoms with Crippen LogP contribution in [0, 0.1) is 0 Å². The molecule has 1 aromatic rings. The van der Waals surface area contributed by atoms with Crippen LogP contribution in [0.3, 0.4) is 0 Å². The highest BCUT2D eigenvalue weighted by molar-refractivity contribution is 5.84. The molecule has 0 amide bonds. The minimum absolute atomic E-state index is 0.217. The molecule has 15 heavy (non-hydrogen) atoms. The number of Topliss-reactive ketones (excluding diaryl/α,β-unsaturated/α-hetero) is 1. The van der Waals surface area contributed by atoms with Crippen LogP contribution in [0.1, 0.15) is 6.92 Å². The van der Waals surface area contributed by atoms with Crippen LogP contribution in [0.15, 0.2) is 24.3 Å². The Labute approximate surface area is 90.3 Å². The van der Waals surface area contributed by atoms with E-state index >= 15 is 0 Å². The van der Waals surface area contributed by atoms with Gasteiger partial charge in [0.15, 0.2) is 0 Å². The van der Waals surface area contributed by atoms with Gasteiger partial charge in [-0.05, 0) is 19.1 Å². The molecule has 3 heteroatoms. The van der Waals surface area contributed by atoms with E-state index in [-0.39, 0.29) is 5.78 Å². The number of rotatable bonds is 2. The fraction of sp³-hybridized carbons (Fsp3) is 0.417. The number of hydrogen-bond donors (Lipinski definition) is 0. The largest absolute Gasteiger partial charge is 0.371 e. The van der Waals surface area contributed by atoms with Gasteiger partial charge in [0.05, 0.1) is 17.9 Å². The zero-order valence-corrected chi connectivity index (χ0v) is 9.23. The average molecular weight is 204 g/mol. The molecule has 1 heterocycles. The van der Waals surface area contributed by atoms with Crippen molar-refractivity contribution in [2.45, 2.75) is 6.92 Å². The van der Waals surface area contributed by atoms with Gasteiger partial charge in [-0.2, -0.15) is 0 Å². The van der Waals surface area contributed by atoms with Crippen molar-refractivity contribution in [2.75, 3.05) is 36.5 Å². The van der Waals surface area contributed by atoms with E-state index in [9.17, 15) is 4.79 Å². The van der Waals surface area contributed by atoms with E-state index in [0.29, 0.717) is 6.54 Å². The molecule has 0 saturated heterocycles. The summed E-state index contributed by atoms with van der Waals surface area (Å²) < 4.78 is 0. The molecule has 0 unspecified atom stereocenters. The second kappa shape index (κ2) is 3.93. The van der Waals surface area contributed by atoms with E-state index in [4.69, 9.17) is 0 Å². The van der Waals surface area contributed by atoms with Crippen LogP contribution in [-0.2, 0) is 4.79 Å². The van der Waals surface area contributed by atoms with Crippen LogP contribution in [0.5, 0.6) is 0 Å². The molecule has 0 atom stereocenters. The van der Waals surface area contributed by atoms with Crippen molar-refractivity contribution in [3.63, 3.8) is 0 Å². The fourth-order valence-electron chi connectivity index (χ4n) is 2.00. The Morgan fingerprint density at radius 1 is 1.27 bits per heavy atom. The van der Waals surface area contributed by atoms with Crippen molar-refractivity contribution in [3.8, 4) is 0 Å². The second-order valence-electron chi connectivity index (χ2n) is 4.03. The first-order valence-electron chi connectivity index (χ1n) is 5.23. The van der Waals surface area contributed by atoms with Gasteiger partial charge < -0.3 is 9.80 Å². The van der Waals surface area contributed by atoms with E-state index in [1.807, 2.05) is 12.1 Å². The van der Waals surface area contributed by atoms with Gasteiger partial charge in [-0.15, -0.1) is 0 Å². The summed E-state index contributed by atoms with van der Waals surface area (Å²) in [6, 6.07) is 8.23. The van der Waals surface area contributed by atoms with Crippen LogP contribution < -0.4 is 9.80 Å². The van der Waals surface area contributed by atoms with Gasteiger partial charge in [0.1, 0.15) is 5.78 Å². The van der Waals surface area contributed by atoms with Crippen molar-refractivity contribution < 1.29 is 4.79 Å². The lowest BCUT2D eigenvalue weighted by atomic mass is 10.1. The fourth-order valence-corrected chi connectivity index (χ4v) is 2.00. The first-order valence-corrected chi connectivity index (χ1v) is 5.23. The summed E-state index contributed by atoms with van der Waals surface area (Å²) in [5.41, 5.74) is 2.38. The third kappa shape index (κ3) is 1.96. The predicted octanol–water partition coefficient (Wildman–Crippen LogP) is 1.53. The molecule has 0 radical (unpaired) electrons. The van der Waals surface area contributed by atoms with Gasteiger partial charge in [0.2, 0.25) is 0 Å². The summed E-state index contributed by atoms with van der Waals surface area (Å²) in [5, 5.41) is 0. The zero-order valence-electron chi connectivity index (χ0n) is 9.23. The van der Waals surface area contributed by atoms with E-state index in [1.165, 1.54) is 11.4 Å². The predicted molar refractivity (Wildman–Crippen MR) is 62.6 cm³/mol. The lowest BCUT2D eigenvalue weighted by Crippen LogP contribution is -2.41. The quantitative estimate of drug-likeness (QED) is 0.730. The van der Waals surface area contributed by atoms with Crippen molar-refractivity contribution in [1.29, 1.82) is 0 Å². The highest BCUT2D eigenvalue weighted by Gasteiger charge is 2.19. The minimum Gasteiger partial charge on any atom is -0.371 e. The number of ketones is 1. The molecule has 1 aliphatic rings. The van der Waals surface area contributed by atoms with Crippen molar-refractivity contribution in [3.05, 3.63) is 24.3 Å². The maximum atomic E-state index is 11.1. The Morgan fingerprint density at radius 2 is 1.93 bits per heavy atom. The lowest BCUT2D eigenvalue weighted by Gasteiger charge is -2.36. The highest BCUT2D eigenvalue weighted by Crippen LogP contribution is 2.31. The van der Waals surface area contributed by atoms with Crippen molar-refractivity contribution >= 4 is 17.2 Å². The molecule has 0 aliphatic carbocycles. The van der Waals surface area contributed by atoms with E-state index in [2.05, 4.69) is 29.0 Å². The SMILES string of the molecule is CC(=O)CN1CCN(C)c2ccccc21. The molecular formula is C12H16N2O. The van der Waals surface area contributed by atoms with Crippen LogP contribution in [0.2, 0.25) is 0 Å². The van der Waals surface area contributed by atoms with E-state index in [1.54, 1.807) is 6.92 Å². The third-order valence-electron chi connectivity index (χ3n) is 2.75. The average Bonchev–Trinajstić information content (AvgIpc) is 2.22. The molecule has 0 N–H and O–H groups in total. The Bertz CT molecular complexity index is 376. The smallest absolute Gasteiger partial charge is 0.149 e. The summed E-state index contributed by atoms with van der Waals surface area (Å²) in [6.45, 7) is 4.06. The zero-order chi connectivity index (χ0) is 10.8. The molecule has 0 bridgehead atoms. The molecule has 0 spiro atoms. The number of fused-ring (bicyclic) bond motifs is 1. The first kappa shape index (κ1) is 10.0. The summed E-state index contributed by atoms with van der Waals surface area (Å²) >= 11 is 0. The van der Waals surface area contributed by atoms with Crippen LogP contribution >= 0.6 is 0 Å². The number of carbonyl (C=O) groups excluding carboxylic acids is 1. The monoisotopic (exact) mass is 204 g/mol. The number of likely N-dealkylation sites (N-methyl/N-ethyl adjacent to an activating group) is 1. The van der Waals surface area contributed by atoms with Gasteiger partial charge in [-0.1, -0.05) is 12.1 Å². The normalized spacial score (nSPS) is 15.1. The van der Waals surface area contributed by atoms with E-state index in [0.717, 1.165) is 13.1 Å². The number of hydrogen-bond acceptors (Lipinski definition) is 3.